The first-order chi connectivity index (χ1) is 14.2. The Hall–Kier alpha value is -2.62. The second-order valence-corrected chi connectivity index (χ2v) is 7.91. The molecule has 0 atom stereocenters. The van der Waals surface area contributed by atoms with Crippen LogP contribution in [0.2, 0.25) is 0 Å². The Morgan fingerprint density at radius 2 is 1.34 bits per heavy atom. The quantitative estimate of drug-likeness (QED) is 0.633. The molecule has 3 aromatic carbocycles. The van der Waals surface area contributed by atoms with Gasteiger partial charge in [-0.15, -0.1) is 0 Å². The number of hydrogen-bond acceptors (Lipinski definition) is 3. The molecular weight excluding hydrogens is 358 g/mol. The van der Waals surface area contributed by atoms with E-state index in [1.165, 1.54) is 5.56 Å². The maximum absolute atomic E-state index is 11.2. The van der Waals surface area contributed by atoms with Gasteiger partial charge >= 0.3 is 0 Å². The van der Waals surface area contributed by atoms with Crippen LogP contribution in [0.5, 0.6) is 5.75 Å². The Morgan fingerprint density at radius 1 is 0.759 bits per heavy atom. The third-order valence-corrected chi connectivity index (χ3v) is 5.88. The molecule has 1 saturated heterocycles. The predicted octanol–water partition coefficient (Wildman–Crippen LogP) is 4.79. The molecule has 150 valence electrons. The summed E-state index contributed by atoms with van der Waals surface area (Å²) in [5.41, 5.74) is 2.78. The highest BCUT2D eigenvalue weighted by Gasteiger charge is 2.33. The molecule has 0 bridgehead atoms. The number of likely N-dealkylation sites (tertiary alicyclic amines) is 1. The molecule has 0 spiro atoms. The van der Waals surface area contributed by atoms with Crippen LogP contribution in [-0.2, 0) is 18.6 Å². The highest BCUT2D eigenvalue weighted by atomic mass is 16.5. The molecular formula is C26H29NO2. The van der Waals surface area contributed by atoms with Crippen molar-refractivity contribution in [2.24, 2.45) is 0 Å². The molecule has 1 heterocycles. The predicted molar refractivity (Wildman–Crippen MR) is 117 cm³/mol. The Bertz CT molecular complexity index is 870. The van der Waals surface area contributed by atoms with Gasteiger partial charge in [0.1, 0.15) is 12.4 Å². The molecule has 1 N–H and O–H groups in total. The van der Waals surface area contributed by atoms with Crippen molar-refractivity contribution < 1.29 is 9.84 Å². The molecule has 29 heavy (non-hydrogen) atoms. The van der Waals surface area contributed by atoms with E-state index in [1.54, 1.807) is 0 Å². The second-order valence-electron chi connectivity index (χ2n) is 7.91. The Morgan fingerprint density at radius 3 is 1.97 bits per heavy atom. The summed E-state index contributed by atoms with van der Waals surface area (Å²) < 4.78 is 5.87. The lowest BCUT2D eigenvalue weighted by molar-refractivity contribution is -0.0256. The van der Waals surface area contributed by atoms with Gasteiger partial charge in [0.15, 0.2) is 0 Å². The number of benzene rings is 3. The van der Waals surface area contributed by atoms with E-state index in [1.807, 2.05) is 42.5 Å². The fraction of sp³-hybridized carbons (Fsp3) is 0.308. The number of ether oxygens (including phenoxy) is 1. The van der Waals surface area contributed by atoms with Gasteiger partial charge in [-0.3, -0.25) is 0 Å². The van der Waals surface area contributed by atoms with Crippen LogP contribution in [0.4, 0.5) is 0 Å². The van der Waals surface area contributed by atoms with E-state index in [9.17, 15) is 5.11 Å². The van der Waals surface area contributed by atoms with Crippen molar-refractivity contribution in [3.8, 4) is 5.75 Å². The number of rotatable bonds is 7. The van der Waals surface area contributed by atoms with Crippen LogP contribution < -0.4 is 4.74 Å². The summed E-state index contributed by atoms with van der Waals surface area (Å²) >= 11 is 0. The summed E-state index contributed by atoms with van der Waals surface area (Å²) in [7, 11) is 0. The monoisotopic (exact) mass is 387 g/mol. The average Bonchev–Trinajstić information content (AvgIpc) is 2.79. The molecule has 0 amide bonds. The number of nitrogens with zero attached hydrogens (tertiary/aromatic N) is 1. The number of hydrogen-bond donors (Lipinski definition) is 1. The minimum absolute atomic E-state index is 0.556. The highest BCUT2D eigenvalue weighted by Crippen LogP contribution is 2.33. The van der Waals surface area contributed by atoms with Crippen LogP contribution in [0.1, 0.15) is 29.5 Å². The SMILES string of the molecule is OC1(c2ccc(OCc3ccccc3)cc2)CCN(CCc2ccccc2)CC1. The lowest BCUT2D eigenvalue weighted by Gasteiger charge is -2.38. The molecule has 3 nitrogen and oxygen atoms in total. The van der Waals surface area contributed by atoms with Gasteiger partial charge in [0.05, 0.1) is 5.60 Å². The van der Waals surface area contributed by atoms with Gasteiger partial charge in [-0.2, -0.15) is 0 Å². The van der Waals surface area contributed by atoms with Gasteiger partial charge < -0.3 is 14.7 Å². The first-order valence-electron chi connectivity index (χ1n) is 10.5. The van der Waals surface area contributed by atoms with E-state index < -0.39 is 5.60 Å². The summed E-state index contributed by atoms with van der Waals surface area (Å²) in [6.45, 7) is 3.46. The highest BCUT2D eigenvalue weighted by molar-refractivity contribution is 5.31. The van der Waals surface area contributed by atoms with Crippen molar-refractivity contribution >= 4 is 0 Å². The van der Waals surface area contributed by atoms with Gasteiger partial charge in [-0.1, -0.05) is 72.8 Å². The summed E-state index contributed by atoms with van der Waals surface area (Å²) in [6.07, 6.45) is 2.60. The van der Waals surface area contributed by atoms with Crippen LogP contribution in [-0.4, -0.2) is 29.6 Å². The first kappa shape index (κ1) is 19.7. The zero-order valence-electron chi connectivity index (χ0n) is 16.8. The fourth-order valence-electron chi connectivity index (χ4n) is 3.97. The lowest BCUT2D eigenvalue weighted by atomic mass is 9.84. The first-order valence-corrected chi connectivity index (χ1v) is 10.5. The molecule has 0 aromatic heterocycles. The van der Waals surface area contributed by atoms with Crippen LogP contribution in [0, 0.1) is 0 Å². The van der Waals surface area contributed by atoms with E-state index >= 15 is 0 Å². The van der Waals surface area contributed by atoms with Crippen molar-refractivity contribution in [1.29, 1.82) is 0 Å². The molecule has 1 fully saturated rings. The molecule has 0 radical (unpaired) electrons. The lowest BCUT2D eigenvalue weighted by Crippen LogP contribution is -2.43. The van der Waals surface area contributed by atoms with Gasteiger partial charge in [-0.25, -0.2) is 0 Å². The summed E-state index contributed by atoms with van der Waals surface area (Å²) in [6, 6.07) is 28.7. The number of piperidine rings is 1. The van der Waals surface area contributed by atoms with Gasteiger partial charge in [0.25, 0.3) is 0 Å². The fourth-order valence-corrected chi connectivity index (χ4v) is 3.97. The summed E-state index contributed by atoms with van der Waals surface area (Å²) in [5.74, 6) is 0.835. The maximum Gasteiger partial charge on any atom is 0.119 e. The van der Waals surface area contributed by atoms with Gasteiger partial charge in [0.2, 0.25) is 0 Å². The molecule has 1 aliphatic heterocycles. The smallest absolute Gasteiger partial charge is 0.119 e. The molecule has 0 aliphatic carbocycles. The van der Waals surface area contributed by atoms with Crippen molar-refractivity contribution in [3.05, 3.63) is 102 Å². The molecule has 0 saturated carbocycles. The third-order valence-electron chi connectivity index (χ3n) is 5.88. The molecule has 3 heteroatoms. The molecule has 0 unspecified atom stereocenters. The maximum atomic E-state index is 11.2. The Kier molecular flexibility index (Phi) is 6.28. The average molecular weight is 388 g/mol. The normalized spacial score (nSPS) is 16.4. The second kappa shape index (κ2) is 9.25. The van der Waals surface area contributed by atoms with E-state index in [-0.39, 0.29) is 0 Å². The standard InChI is InChI=1S/C26H29NO2/c28-26(16-19-27(20-17-26)18-15-22-7-3-1-4-8-22)24-11-13-25(14-12-24)29-21-23-9-5-2-6-10-23/h1-14,28H,15-21H2. The van der Waals surface area contributed by atoms with Crippen LogP contribution in [0.15, 0.2) is 84.9 Å². The zero-order valence-corrected chi connectivity index (χ0v) is 16.8. The van der Waals surface area contributed by atoms with E-state index in [0.29, 0.717) is 6.61 Å². The van der Waals surface area contributed by atoms with Crippen molar-refractivity contribution in [3.63, 3.8) is 0 Å². The van der Waals surface area contributed by atoms with E-state index in [4.69, 9.17) is 4.74 Å². The Balaban J connectivity index is 1.28. The van der Waals surface area contributed by atoms with Crippen molar-refractivity contribution in [2.75, 3.05) is 19.6 Å². The van der Waals surface area contributed by atoms with Crippen molar-refractivity contribution in [2.45, 2.75) is 31.5 Å². The minimum Gasteiger partial charge on any atom is -0.489 e. The number of aliphatic hydroxyl groups is 1. The van der Waals surface area contributed by atoms with Crippen molar-refractivity contribution in [1.82, 2.24) is 4.90 Å². The van der Waals surface area contributed by atoms with E-state index in [2.05, 4.69) is 47.4 Å². The summed E-state index contributed by atoms with van der Waals surface area (Å²) in [4.78, 5) is 2.46. The zero-order chi connectivity index (χ0) is 19.9. The van der Waals surface area contributed by atoms with Gasteiger partial charge in [0, 0.05) is 19.6 Å². The third kappa shape index (κ3) is 5.26. The topological polar surface area (TPSA) is 32.7 Å². The molecule has 1 aliphatic rings. The summed E-state index contributed by atoms with van der Waals surface area (Å²) in [5, 5.41) is 11.2. The Labute approximate surface area is 173 Å². The molecule has 4 rings (SSSR count). The minimum atomic E-state index is -0.735. The van der Waals surface area contributed by atoms with Crippen LogP contribution >= 0.6 is 0 Å². The largest absolute Gasteiger partial charge is 0.489 e. The molecule has 3 aromatic rings. The van der Waals surface area contributed by atoms with Crippen LogP contribution in [0.3, 0.4) is 0 Å². The van der Waals surface area contributed by atoms with Gasteiger partial charge in [-0.05, 0) is 48.1 Å². The van der Waals surface area contributed by atoms with E-state index in [0.717, 1.165) is 55.8 Å². The van der Waals surface area contributed by atoms with Crippen LogP contribution in [0.25, 0.3) is 0 Å².